The van der Waals surface area contributed by atoms with Crippen LogP contribution in [0.3, 0.4) is 0 Å². The summed E-state index contributed by atoms with van der Waals surface area (Å²) in [5.41, 5.74) is 0.102. The highest BCUT2D eigenvalue weighted by Gasteiger charge is 2.26. The zero-order valence-electron chi connectivity index (χ0n) is 8.76. The van der Waals surface area contributed by atoms with Crippen LogP contribution in [0.1, 0.15) is 19.8 Å². The molecule has 5 heteroatoms. The van der Waals surface area contributed by atoms with E-state index in [1.165, 1.54) is 6.20 Å². The van der Waals surface area contributed by atoms with Gasteiger partial charge in [-0.25, -0.2) is 4.98 Å². The Balaban J connectivity index is 2.06. The van der Waals surface area contributed by atoms with Crippen molar-refractivity contribution in [2.24, 2.45) is 0 Å². The average molecular weight is 227 g/mol. The summed E-state index contributed by atoms with van der Waals surface area (Å²) >= 11 is 5.78. The van der Waals surface area contributed by atoms with Crippen LogP contribution in [-0.2, 0) is 0 Å². The molecule has 0 spiro atoms. The summed E-state index contributed by atoms with van der Waals surface area (Å²) in [6.07, 6.45) is 5.42. The summed E-state index contributed by atoms with van der Waals surface area (Å²) in [5, 5.41) is 7.16. The second kappa shape index (κ2) is 4.33. The number of halogens is 1. The maximum Gasteiger partial charge on any atom is 0.149 e. The van der Waals surface area contributed by atoms with Crippen molar-refractivity contribution in [3.63, 3.8) is 0 Å². The summed E-state index contributed by atoms with van der Waals surface area (Å²) in [7, 11) is 0. The van der Waals surface area contributed by atoms with Gasteiger partial charge in [0.05, 0.1) is 12.4 Å². The Morgan fingerprint density at radius 2 is 2.13 bits per heavy atom. The number of nitrogens with one attached hydrogen (secondary N) is 2. The number of rotatable bonds is 2. The lowest BCUT2D eigenvalue weighted by Gasteiger charge is -2.35. The summed E-state index contributed by atoms with van der Waals surface area (Å²) in [5.74, 6) is 0.756. The Labute approximate surface area is 94.5 Å². The van der Waals surface area contributed by atoms with Crippen LogP contribution in [0.2, 0.25) is 5.15 Å². The van der Waals surface area contributed by atoms with E-state index in [1.54, 1.807) is 6.20 Å². The highest BCUT2D eigenvalue weighted by Crippen LogP contribution is 2.22. The highest BCUT2D eigenvalue weighted by molar-refractivity contribution is 6.29. The smallest absolute Gasteiger partial charge is 0.149 e. The van der Waals surface area contributed by atoms with Crippen molar-refractivity contribution < 1.29 is 0 Å². The van der Waals surface area contributed by atoms with Gasteiger partial charge in [-0.05, 0) is 32.9 Å². The normalized spacial score (nSPS) is 19.9. The molecule has 1 aliphatic heterocycles. The van der Waals surface area contributed by atoms with Gasteiger partial charge < -0.3 is 10.6 Å². The Morgan fingerprint density at radius 3 is 2.80 bits per heavy atom. The molecule has 0 aromatic carbocycles. The molecule has 1 aromatic rings. The van der Waals surface area contributed by atoms with Gasteiger partial charge in [0, 0.05) is 5.54 Å². The van der Waals surface area contributed by atoms with Gasteiger partial charge in [0.15, 0.2) is 0 Å². The molecule has 2 N–H and O–H groups in total. The fourth-order valence-electron chi connectivity index (χ4n) is 1.82. The van der Waals surface area contributed by atoms with Crippen LogP contribution in [0, 0.1) is 0 Å². The van der Waals surface area contributed by atoms with Crippen molar-refractivity contribution >= 4 is 17.4 Å². The Morgan fingerprint density at radius 1 is 1.40 bits per heavy atom. The predicted octanol–water partition coefficient (Wildman–Crippen LogP) is 1.68. The molecular weight excluding hydrogens is 212 g/mol. The minimum atomic E-state index is 0.102. The lowest BCUT2D eigenvalue weighted by atomic mass is 9.91. The molecule has 0 aliphatic carbocycles. The van der Waals surface area contributed by atoms with Gasteiger partial charge in [-0.15, -0.1) is 0 Å². The molecule has 0 radical (unpaired) electrons. The van der Waals surface area contributed by atoms with Crippen LogP contribution in [0.15, 0.2) is 12.4 Å². The molecule has 0 bridgehead atoms. The van der Waals surface area contributed by atoms with Gasteiger partial charge in [-0.2, -0.15) is 0 Å². The maximum absolute atomic E-state index is 5.78. The van der Waals surface area contributed by atoms with Crippen molar-refractivity contribution in [2.45, 2.75) is 25.3 Å². The topological polar surface area (TPSA) is 49.8 Å². The van der Waals surface area contributed by atoms with E-state index in [1.807, 2.05) is 0 Å². The van der Waals surface area contributed by atoms with Crippen molar-refractivity contribution in [1.82, 2.24) is 15.3 Å². The van der Waals surface area contributed by atoms with Crippen LogP contribution in [0.25, 0.3) is 0 Å². The molecule has 1 aliphatic rings. The third-order valence-corrected chi connectivity index (χ3v) is 2.92. The molecule has 0 amide bonds. The summed E-state index contributed by atoms with van der Waals surface area (Å²) < 4.78 is 0. The van der Waals surface area contributed by atoms with Crippen molar-refractivity contribution in [1.29, 1.82) is 0 Å². The van der Waals surface area contributed by atoms with Gasteiger partial charge >= 0.3 is 0 Å². The van der Waals surface area contributed by atoms with Crippen LogP contribution in [0.5, 0.6) is 0 Å². The second-order valence-electron chi connectivity index (χ2n) is 4.16. The van der Waals surface area contributed by atoms with E-state index in [4.69, 9.17) is 11.6 Å². The number of aromatic nitrogens is 2. The number of anilines is 1. The molecule has 0 unspecified atom stereocenters. The van der Waals surface area contributed by atoms with Gasteiger partial charge in [0.1, 0.15) is 11.0 Å². The largest absolute Gasteiger partial charge is 0.363 e. The van der Waals surface area contributed by atoms with E-state index in [0.29, 0.717) is 5.15 Å². The number of nitrogens with zero attached hydrogens (tertiary/aromatic N) is 2. The summed E-state index contributed by atoms with van der Waals surface area (Å²) in [6.45, 7) is 4.28. The average Bonchev–Trinajstić information content (AvgIpc) is 2.18. The number of hydrogen-bond acceptors (Lipinski definition) is 4. The molecule has 0 atom stereocenters. The second-order valence-corrected chi connectivity index (χ2v) is 4.55. The molecular formula is C10H15ClN4. The van der Waals surface area contributed by atoms with Gasteiger partial charge in [-0.1, -0.05) is 11.6 Å². The molecule has 4 nitrogen and oxygen atoms in total. The van der Waals surface area contributed by atoms with E-state index >= 15 is 0 Å². The van der Waals surface area contributed by atoms with E-state index in [9.17, 15) is 0 Å². The van der Waals surface area contributed by atoms with Crippen molar-refractivity contribution in [2.75, 3.05) is 18.4 Å². The zero-order valence-corrected chi connectivity index (χ0v) is 9.51. The fraction of sp³-hybridized carbons (Fsp3) is 0.600. The van der Waals surface area contributed by atoms with E-state index in [0.717, 1.165) is 31.7 Å². The molecule has 1 aromatic heterocycles. The molecule has 2 rings (SSSR count). The molecule has 0 saturated carbocycles. The third-order valence-electron chi connectivity index (χ3n) is 2.74. The van der Waals surface area contributed by atoms with Gasteiger partial charge in [0.2, 0.25) is 0 Å². The monoisotopic (exact) mass is 226 g/mol. The quantitative estimate of drug-likeness (QED) is 0.806. The van der Waals surface area contributed by atoms with Crippen LogP contribution in [-0.4, -0.2) is 28.6 Å². The third kappa shape index (κ3) is 2.79. The molecule has 15 heavy (non-hydrogen) atoms. The first-order valence-corrected chi connectivity index (χ1v) is 5.52. The van der Waals surface area contributed by atoms with Crippen LogP contribution >= 0.6 is 11.6 Å². The lowest BCUT2D eigenvalue weighted by Crippen LogP contribution is -2.45. The Kier molecular flexibility index (Phi) is 3.07. The van der Waals surface area contributed by atoms with Crippen LogP contribution in [0.4, 0.5) is 5.82 Å². The standard InChI is InChI=1S/C10H15ClN4/c1-10(2-4-12-5-3-10)15-9-7-13-6-8(11)14-9/h6-7,12H,2-5H2,1H3,(H,14,15). The fourth-order valence-corrected chi connectivity index (χ4v) is 1.96. The zero-order chi connectivity index (χ0) is 10.7. The highest BCUT2D eigenvalue weighted by atomic mass is 35.5. The predicted molar refractivity (Wildman–Crippen MR) is 61.2 cm³/mol. The molecule has 1 saturated heterocycles. The minimum absolute atomic E-state index is 0.102. The van der Waals surface area contributed by atoms with Gasteiger partial charge in [-0.3, -0.25) is 4.98 Å². The Hall–Kier alpha value is -0.870. The van der Waals surface area contributed by atoms with Crippen molar-refractivity contribution in [3.8, 4) is 0 Å². The molecule has 82 valence electrons. The van der Waals surface area contributed by atoms with E-state index in [2.05, 4.69) is 27.5 Å². The maximum atomic E-state index is 5.78. The first-order chi connectivity index (χ1) is 7.18. The van der Waals surface area contributed by atoms with E-state index in [-0.39, 0.29) is 5.54 Å². The number of piperidine rings is 1. The van der Waals surface area contributed by atoms with Crippen LogP contribution < -0.4 is 10.6 Å². The van der Waals surface area contributed by atoms with Crippen molar-refractivity contribution in [3.05, 3.63) is 17.5 Å². The Bertz CT molecular complexity index is 336. The molecule has 1 fully saturated rings. The van der Waals surface area contributed by atoms with E-state index < -0.39 is 0 Å². The summed E-state index contributed by atoms with van der Waals surface area (Å²) in [6, 6.07) is 0. The SMILES string of the molecule is CC1(Nc2cncc(Cl)n2)CCNCC1. The summed E-state index contributed by atoms with van der Waals surface area (Å²) in [4.78, 5) is 8.19. The molecule has 2 heterocycles. The first-order valence-electron chi connectivity index (χ1n) is 5.14. The minimum Gasteiger partial charge on any atom is -0.363 e. The first kappa shape index (κ1) is 10.6. The lowest BCUT2D eigenvalue weighted by molar-refractivity contribution is 0.364. The van der Waals surface area contributed by atoms with Gasteiger partial charge in [0.25, 0.3) is 0 Å². The number of hydrogen-bond donors (Lipinski definition) is 2.